The van der Waals surface area contributed by atoms with Crippen LogP contribution < -0.4 is 5.73 Å². The summed E-state index contributed by atoms with van der Waals surface area (Å²) in [5.74, 6) is 1.31. The van der Waals surface area contributed by atoms with Crippen LogP contribution in [0.5, 0.6) is 0 Å². The highest BCUT2D eigenvalue weighted by molar-refractivity contribution is 5.05. The number of hydrogen-bond acceptors (Lipinski definition) is 4. The van der Waals surface area contributed by atoms with Crippen molar-refractivity contribution in [2.75, 3.05) is 19.6 Å². The van der Waals surface area contributed by atoms with Gasteiger partial charge in [-0.2, -0.15) is 0 Å². The monoisotopic (exact) mass is 223 g/mol. The summed E-state index contributed by atoms with van der Waals surface area (Å²) in [7, 11) is 0. The molecule has 1 saturated heterocycles. The van der Waals surface area contributed by atoms with Crippen LogP contribution in [-0.4, -0.2) is 29.5 Å². The molecule has 2 unspecified atom stereocenters. The second-order valence-electron chi connectivity index (χ2n) is 4.63. The zero-order valence-corrected chi connectivity index (χ0v) is 10.1. The third kappa shape index (κ3) is 2.44. The molecule has 0 aliphatic carbocycles. The van der Waals surface area contributed by atoms with E-state index in [1.165, 1.54) is 19.4 Å². The lowest BCUT2D eigenvalue weighted by atomic mass is 9.98. The van der Waals surface area contributed by atoms with Gasteiger partial charge in [0.1, 0.15) is 6.26 Å². The minimum atomic E-state index is -0.0385. The van der Waals surface area contributed by atoms with E-state index in [1.807, 2.05) is 6.92 Å². The van der Waals surface area contributed by atoms with Gasteiger partial charge in [-0.1, -0.05) is 6.92 Å². The van der Waals surface area contributed by atoms with Crippen LogP contribution in [-0.2, 0) is 0 Å². The van der Waals surface area contributed by atoms with Crippen LogP contribution in [0.4, 0.5) is 0 Å². The molecule has 0 aromatic carbocycles. The van der Waals surface area contributed by atoms with Crippen LogP contribution in [0.2, 0.25) is 0 Å². The second-order valence-corrected chi connectivity index (χ2v) is 4.63. The maximum absolute atomic E-state index is 5.78. The Morgan fingerprint density at radius 2 is 2.50 bits per heavy atom. The molecule has 1 aliphatic rings. The summed E-state index contributed by atoms with van der Waals surface area (Å²) in [6, 6.07) is -0.0385. The SMILES string of the molecule is CCN1CCCC(c2nc(C(C)N)co2)C1. The third-order valence-corrected chi connectivity index (χ3v) is 3.31. The minimum Gasteiger partial charge on any atom is -0.448 e. The summed E-state index contributed by atoms with van der Waals surface area (Å²) in [5.41, 5.74) is 6.64. The molecule has 0 bridgehead atoms. The highest BCUT2D eigenvalue weighted by atomic mass is 16.3. The average molecular weight is 223 g/mol. The topological polar surface area (TPSA) is 55.3 Å². The lowest BCUT2D eigenvalue weighted by Crippen LogP contribution is -2.34. The Hall–Kier alpha value is -0.870. The normalized spacial score (nSPS) is 24.6. The first-order chi connectivity index (χ1) is 7.70. The zero-order valence-electron chi connectivity index (χ0n) is 10.1. The summed E-state index contributed by atoms with van der Waals surface area (Å²) in [6.07, 6.45) is 4.11. The van der Waals surface area contributed by atoms with Gasteiger partial charge in [0.25, 0.3) is 0 Å². The van der Waals surface area contributed by atoms with E-state index >= 15 is 0 Å². The zero-order chi connectivity index (χ0) is 11.5. The van der Waals surface area contributed by atoms with E-state index in [2.05, 4.69) is 16.8 Å². The van der Waals surface area contributed by atoms with E-state index in [0.717, 1.165) is 24.7 Å². The van der Waals surface area contributed by atoms with E-state index in [-0.39, 0.29) is 6.04 Å². The fourth-order valence-corrected chi connectivity index (χ4v) is 2.24. The standard InChI is InChI=1S/C12H21N3O/c1-3-15-6-4-5-10(7-15)12-14-11(8-16-12)9(2)13/h8-10H,3-7,13H2,1-2H3. The molecule has 2 atom stereocenters. The van der Waals surface area contributed by atoms with Crippen molar-refractivity contribution < 1.29 is 4.42 Å². The van der Waals surface area contributed by atoms with Gasteiger partial charge in [-0.3, -0.25) is 0 Å². The van der Waals surface area contributed by atoms with Gasteiger partial charge in [0.05, 0.1) is 5.69 Å². The molecule has 1 aliphatic heterocycles. The average Bonchev–Trinajstić information content (AvgIpc) is 2.78. The Bertz CT molecular complexity index is 335. The molecule has 90 valence electrons. The summed E-state index contributed by atoms with van der Waals surface area (Å²) < 4.78 is 5.54. The Morgan fingerprint density at radius 1 is 1.69 bits per heavy atom. The van der Waals surface area contributed by atoms with Crippen molar-refractivity contribution in [3.05, 3.63) is 17.8 Å². The lowest BCUT2D eigenvalue weighted by molar-refractivity contribution is 0.202. The molecule has 1 fully saturated rings. The number of aromatic nitrogens is 1. The van der Waals surface area contributed by atoms with Crippen LogP contribution >= 0.6 is 0 Å². The van der Waals surface area contributed by atoms with Gasteiger partial charge in [0.15, 0.2) is 5.89 Å². The Labute approximate surface area is 96.8 Å². The molecule has 16 heavy (non-hydrogen) atoms. The van der Waals surface area contributed by atoms with E-state index in [9.17, 15) is 0 Å². The summed E-state index contributed by atoms with van der Waals surface area (Å²) in [6.45, 7) is 7.51. The molecule has 2 rings (SSSR count). The van der Waals surface area contributed by atoms with E-state index in [4.69, 9.17) is 10.2 Å². The Kier molecular flexibility index (Phi) is 3.61. The molecule has 1 aromatic rings. The minimum absolute atomic E-state index is 0.0385. The second kappa shape index (κ2) is 4.97. The first-order valence-corrected chi connectivity index (χ1v) is 6.14. The van der Waals surface area contributed by atoms with Crippen LogP contribution in [0.25, 0.3) is 0 Å². The summed E-state index contributed by atoms with van der Waals surface area (Å²) in [5, 5.41) is 0. The summed E-state index contributed by atoms with van der Waals surface area (Å²) in [4.78, 5) is 6.93. The van der Waals surface area contributed by atoms with Gasteiger partial charge in [0.2, 0.25) is 0 Å². The fraction of sp³-hybridized carbons (Fsp3) is 0.750. The number of likely N-dealkylation sites (N-methyl/N-ethyl adjacent to an activating group) is 1. The van der Waals surface area contributed by atoms with E-state index in [1.54, 1.807) is 6.26 Å². The Balaban J connectivity index is 2.05. The maximum atomic E-state index is 5.78. The highest BCUT2D eigenvalue weighted by Gasteiger charge is 2.24. The van der Waals surface area contributed by atoms with Gasteiger partial charge >= 0.3 is 0 Å². The quantitative estimate of drug-likeness (QED) is 0.850. The first-order valence-electron chi connectivity index (χ1n) is 6.14. The van der Waals surface area contributed by atoms with Crippen molar-refractivity contribution >= 4 is 0 Å². The van der Waals surface area contributed by atoms with Crippen molar-refractivity contribution in [1.29, 1.82) is 0 Å². The highest BCUT2D eigenvalue weighted by Crippen LogP contribution is 2.26. The molecule has 0 spiro atoms. The molecule has 2 N–H and O–H groups in total. The predicted octanol–water partition coefficient (Wildman–Crippen LogP) is 1.89. The van der Waals surface area contributed by atoms with Crippen molar-refractivity contribution in [3.8, 4) is 0 Å². The predicted molar refractivity (Wildman–Crippen MR) is 63.2 cm³/mol. The van der Waals surface area contributed by atoms with Gasteiger partial charge in [-0.15, -0.1) is 0 Å². The molecule has 4 nitrogen and oxygen atoms in total. The molecule has 1 aromatic heterocycles. The van der Waals surface area contributed by atoms with Crippen molar-refractivity contribution in [2.45, 2.75) is 38.6 Å². The number of likely N-dealkylation sites (tertiary alicyclic amines) is 1. The van der Waals surface area contributed by atoms with Crippen LogP contribution in [0, 0.1) is 0 Å². The first kappa shape index (κ1) is 11.6. The van der Waals surface area contributed by atoms with Gasteiger partial charge in [0, 0.05) is 18.5 Å². The molecule has 0 radical (unpaired) electrons. The van der Waals surface area contributed by atoms with Crippen LogP contribution in [0.3, 0.4) is 0 Å². The number of oxazole rings is 1. The number of hydrogen-bond donors (Lipinski definition) is 1. The van der Waals surface area contributed by atoms with Gasteiger partial charge < -0.3 is 15.1 Å². The molecular weight excluding hydrogens is 202 g/mol. The number of nitrogens with zero attached hydrogens (tertiary/aromatic N) is 2. The van der Waals surface area contributed by atoms with Gasteiger partial charge in [-0.05, 0) is 32.9 Å². The van der Waals surface area contributed by atoms with Crippen molar-refractivity contribution in [1.82, 2.24) is 9.88 Å². The van der Waals surface area contributed by atoms with Crippen molar-refractivity contribution in [3.63, 3.8) is 0 Å². The van der Waals surface area contributed by atoms with Gasteiger partial charge in [-0.25, -0.2) is 4.98 Å². The molecule has 0 saturated carbocycles. The molecular formula is C12H21N3O. The van der Waals surface area contributed by atoms with Crippen molar-refractivity contribution in [2.24, 2.45) is 5.73 Å². The fourth-order valence-electron chi connectivity index (χ4n) is 2.24. The summed E-state index contributed by atoms with van der Waals surface area (Å²) >= 11 is 0. The Morgan fingerprint density at radius 3 is 3.12 bits per heavy atom. The number of nitrogens with two attached hydrogens (primary N) is 1. The van der Waals surface area contributed by atoms with E-state index < -0.39 is 0 Å². The number of rotatable bonds is 3. The smallest absolute Gasteiger partial charge is 0.198 e. The van der Waals surface area contributed by atoms with Crippen LogP contribution in [0.15, 0.2) is 10.7 Å². The lowest BCUT2D eigenvalue weighted by Gasteiger charge is -2.29. The molecule has 0 amide bonds. The van der Waals surface area contributed by atoms with E-state index in [0.29, 0.717) is 5.92 Å². The largest absolute Gasteiger partial charge is 0.448 e. The molecule has 4 heteroatoms. The maximum Gasteiger partial charge on any atom is 0.198 e. The molecule has 2 heterocycles. The van der Waals surface area contributed by atoms with Crippen LogP contribution in [0.1, 0.15) is 50.2 Å². The number of piperidine rings is 1. The third-order valence-electron chi connectivity index (χ3n) is 3.31.